The summed E-state index contributed by atoms with van der Waals surface area (Å²) >= 11 is 0. The van der Waals surface area contributed by atoms with Crippen LogP contribution in [0.4, 0.5) is 10.6 Å². The summed E-state index contributed by atoms with van der Waals surface area (Å²) in [5, 5.41) is 11.2. The molecule has 0 aliphatic carbocycles. The molecule has 0 atom stereocenters. The summed E-state index contributed by atoms with van der Waals surface area (Å²) in [6, 6.07) is 2.00. The predicted molar refractivity (Wildman–Crippen MR) is 62.4 cm³/mol. The van der Waals surface area contributed by atoms with Crippen molar-refractivity contribution in [2.45, 2.75) is 39.8 Å². The molecule has 0 spiro atoms. The number of aromatic nitrogens is 2. The predicted octanol–water partition coefficient (Wildman–Crippen LogP) is 2.06. The van der Waals surface area contributed by atoms with E-state index < -0.39 is 11.7 Å². The number of ether oxygens (including phenoxy) is 1. The second kappa shape index (κ2) is 4.87. The first-order valence-corrected chi connectivity index (χ1v) is 5.22. The molecule has 0 bridgehead atoms. The molecule has 0 unspecified atom stereocenters. The topological polar surface area (TPSA) is 79.9 Å². The van der Waals surface area contributed by atoms with Gasteiger partial charge in [0.1, 0.15) is 23.8 Å². The van der Waals surface area contributed by atoms with Crippen molar-refractivity contribution in [2.24, 2.45) is 0 Å². The highest BCUT2D eigenvalue weighted by molar-refractivity contribution is 5.83. The maximum Gasteiger partial charge on any atom is 0.413 e. The quantitative estimate of drug-likeness (QED) is 0.852. The molecular formula is C11H16N4O2. The number of aryl methyl sites for hydroxylation is 1. The zero-order valence-electron chi connectivity index (χ0n) is 10.4. The molecule has 0 aliphatic heterocycles. The molecular weight excluding hydrogens is 220 g/mol. The van der Waals surface area contributed by atoms with Crippen LogP contribution in [0, 0.1) is 18.3 Å². The number of anilines is 1. The van der Waals surface area contributed by atoms with E-state index in [1.807, 2.05) is 6.07 Å². The third-order valence-corrected chi connectivity index (χ3v) is 1.91. The monoisotopic (exact) mass is 236 g/mol. The zero-order valence-corrected chi connectivity index (χ0v) is 10.4. The van der Waals surface area contributed by atoms with Crippen molar-refractivity contribution >= 4 is 11.9 Å². The molecule has 6 heteroatoms. The summed E-state index contributed by atoms with van der Waals surface area (Å²) in [5.41, 5.74) is -0.556. The second-order valence-electron chi connectivity index (χ2n) is 4.56. The minimum atomic E-state index is -0.559. The third-order valence-electron chi connectivity index (χ3n) is 1.91. The fourth-order valence-electron chi connectivity index (χ4n) is 1.25. The summed E-state index contributed by atoms with van der Waals surface area (Å²) in [7, 11) is 0. The number of carbonyl (C=O) groups is 1. The Hall–Kier alpha value is -2.03. The standard InChI is InChI=1S/C11H16N4O2/c1-8-13-7-9(15(8)6-5-12)14-10(16)17-11(2,3)4/h7H,6H2,1-4H3,(H,14,16). The summed E-state index contributed by atoms with van der Waals surface area (Å²) in [6.45, 7) is 7.24. The van der Waals surface area contributed by atoms with E-state index in [2.05, 4.69) is 10.3 Å². The summed E-state index contributed by atoms with van der Waals surface area (Å²) < 4.78 is 6.71. The van der Waals surface area contributed by atoms with E-state index in [-0.39, 0.29) is 6.54 Å². The zero-order chi connectivity index (χ0) is 13.1. The van der Waals surface area contributed by atoms with Crippen molar-refractivity contribution in [3.8, 4) is 6.07 Å². The van der Waals surface area contributed by atoms with Crippen molar-refractivity contribution in [3.63, 3.8) is 0 Å². The molecule has 0 aliphatic rings. The molecule has 1 heterocycles. The van der Waals surface area contributed by atoms with Gasteiger partial charge in [0.25, 0.3) is 0 Å². The fourth-order valence-corrected chi connectivity index (χ4v) is 1.25. The van der Waals surface area contributed by atoms with Crippen molar-refractivity contribution < 1.29 is 9.53 Å². The van der Waals surface area contributed by atoms with Crippen LogP contribution >= 0.6 is 0 Å². The van der Waals surface area contributed by atoms with Gasteiger partial charge in [-0.15, -0.1) is 0 Å². The normalized spacial score (nSPS) is 10.8. The Morgan fingerprint density at radius 2 is 2.29 bits per heavy atom. The van der Waals surface area contributed by atoms with Gasteiger partial charge < -0.3 is 9.30 Å². The maximum atomic E-state index is 11.5. The van der Waals surface area contributed by atoms with E-state index >= 15 is 0 Å². The van der Waals surface area contributed by atoms with E-state index in [0.29, 0.717) is 11.6 Å². The molecule has 1 aromatic heterocycles. The molecule has 1 rings (SSSR count). The number of hydrogen-bond donors (Lipinski definition) is 1. The molecule has 0 saturated carbocycles. The first-order valence-electron chi connectivity index (χ1n) is 5.22. The summed E-state index contributed by atoms with van der Waals surface area (Å²) in [4.78, 5) is 15.6. The van der Waals surface area contributed by atoms with E-state index in [4.69, 9.17) is 10.00 Å². The van der Waals surface area contributed by atoms with Gasteiger partial charge in [0.15, 0.2) is 0 Å². The van der Waals surface area contributed by atoms with Crippen LogP contribution in [0.2, 0.25) is 0 Å². The molecule has 1 amide bonds. The van der Waals surface area contributed by atoms with Crippen molar-refractivity contribution in [1.29, 1.82) is 5.26 Å². The number of nitrogens with one attached hydrogen (secondary N) is 1. The molecule has 92 valence electrons. The van der Waals surface area contributed by atoms with Gasteiger partial charge in [0.2, 0.25) is 0 Å². The lowest BCUT2D eigenvalue weighted by molar-refractivity contribution is 0.0634. The van der Waals surface area contributed by atoms with Gasteiger partial charge in [-0.1, -0.05) is 0 Å². The van der Waals surface area contributed by atoms with Crippen LogP contribution < -0.4 is 5.32 Å². The molecule has 0 fully saturated rings. The van der Waals surface area contributed by atoms with E-state index in [0.717, 1.165) is 0 Å². The maximum absolute atomic E-state index is 11.5. The molecule has 0 aromatic carbocycles. The molecule has 0 radical (unpaired) electrons. The first-order chi connectivity index (χ1) is 7.83. The Balaban J connectivity index is 2.76. The highest BCUT2D eigenvalue weighted by atomic mass is 16.6. The largest absolute Gasteiger partial charge is 0.444 e. The third kappa shape index (κ3) is 3.79. The van der Waals surface area contributed by atoms with Crippen LogP contribution in [-0.4, -0.2) is 21.2 Å². The minimum Gasteiger partial charge on any atom is -0.444 e. The molecule has 6 nitrogen and oxygen atoms in total. The summed E-state index contributed by atoms with van der Waals surface area (Å²) in [5.74, 6) is 1.12. The van der Waals surface area contributed by atoms with Crippen LogP contribution in [0.3, 0.4) is 0 Å². The molecule has 1 N–H and O–H groups in total. The van der Waals surface area contributed by atoms with Gasteiger partial charge in [-0.2, -0.15) is 5.26 Å². The van der Waals surface area contributed by atoms with E-state index in [1.165, 1.54) is 6.20 Å². The average molecular weight is 236 g/mol. The highest BCUT2D eigenvalue weighted by Gasteiger charge is 2.17. The van der Waals surface area contributed by atoms with Gasteiger partial charge in [-0.05, 0) is 27.7 Å². The van der Waals surface area contributed by atoms with Gasteiger partial charge in [-0.3, -0.25) is 5.32 Å². The van der Waals surface area contributed by atoms with Crippen LogP contribution in [0.15, 0.2) is 6.20 Å². The Morgan fingerprint density at radius 3 is 2.82 bits per heavy atom. The first kappa shape index (κ1) is 13.0. The van der Waals surface area contributed by atoms with Crippen molar-refractivity contribution in [3.05, 3.63) is 12.0 Å². The number of rotatable bonds is 2. The number of nitrogens with zero attached hydrogens (tertiary/aromatic N) is 3. The van der Waals surface area contributed by atoms with Gasteiger partial charge in [-0.25, -0.2) is 9.78 Å². The van der Waals surface area contributed by atoms with Crippen LogP contribution in [0.5, 0.6) is 0 Å². The fraction of sp³-hybridized carbons (Fsp3) is 0.545. The Labute approximate surface area is 100 Å². The van der Waals surface area contributed by atoms with Crippen LogP contribution in [-0.2, 0) is 11.3 Å². The lowest BCUT2D eigenvalue weighted by Crippen LogP contribution is -2.28. The van der Waals surface area contributed by atoms with Crippen molar-refractivity contribution in [2.75, 3.05) is 5.32 Å². The van der Waals surface area contributed by atoms with Crippen LogP contribution in [0.25, 0.3) is 0 Å². The Kier molecular flexibility index (Phi) is 3.73. The SMILES string of the molecule is Cc1ncc(NC(=O)OC(C)(C)C)n1CC#N. The number of imidazole rings is 1. The Bertz CT molecular complexity index is 451. The minimum absolute atomic E-state index is 0.136. The van der Waals surface area contributed by atoms with Crippen LogP contribution in [0.1, 0.15) is 26.6 Å². The highest BCUT2D eigenvalue weighted by Crippen LogP contribution is 2.13. The molecule has 1 aromatic rings. The summed E-state index contributed by atoms with van der Waals surface area (Å²) in [6.07, 6.45) is 0.938. The number of hydrogen-bond acceptors (Lipinski definition) is 4. The lowest BCUT2D eigenvalue weighted by Gasteiger charge is -2.19. The molecule has 0 saturated heterocycles. The average Bonchev–Trinajstić information content (AvgIpc) is 2.47. The van der Waals surface area contributed by atoms with E-state index in [9.17, 15) is 4.79 Å². The van der Waals surface area contributed by atoms with E-state index in [1.54, 1.807) is 32.3 Å². The van der Waals surface area contributed by atoms with Gasteiger partial charge in [0.05, 0.1) is 12.3 Å². The number of carbonyl (C=O) groups excluding carboxylic acids is 1. The lowest BCUT2D eigenvalue weighted by atomic mass is 10.2. The van der Waals surface area contributed by atoms with Crippen molar-refractivity contribution in [1.82, 2.24) is 9.55 Å². The second-order valence-corrected chi connectivity index (χ2v) is 4.56. The Morgan fingerprint density at radius 1 is 1.65 bits per heavy atom. The van der Waals surface area contributed by atoms with Gasteiger partial charge >= 0.3 is 6.09 Å². The van der Waals surface area contributed by atoms with Gasteiger partial charge in [0, 0.05) is 0 Å². The smallest absolute Gasteiger partial charge is 0.413 e. The molecule has 17 heavy (non-hydrogen) atoms. The number of nitriles is 1. The number of amides is 1.